The van der Waals surface area contributed by atoms with Gasteiger partial charge in [-0.25, -0.2) is 0 Å². The van der Waals surface area contributed by atoms with Gasteiger partial charge in [0.2, 0.25) is 0 Å². The number of oxime groups is 1. The second-order valence-corrected chi connectivity index (χ2v) is 4.29. The van der Waals surface area contributed by atoms with Crippen LogP contribution in [-0.4, -0.2) is 24.6 Å². The van der Waals surface area contributed by atoms with Crippen LogP contribution < -0.4 is 10.9 Å². The van der Waals surface area contributed by atoms with Gasteiger partial charge in [0.1, 0.15) is 0 Å². The van der Waals surface area contributed by atoms with Crippen LogP contribution in [0, 0.1) is 0 Å². The molecule has 6 nitrogen and oxygen atoms in total. The lowest BCUT2D eigenvalue weighted by atomic mass is 10.2. The van der Waals surface area contributed by atoms with Crippen molar-refractivity contribution in [3.63, 3.8) is 0 Å². The van der Waals surface area contributed by atoms with Crippen LogP contribution in [0.25, 0.3) is 0 Å². The summed E-state index contributed by atoms with van der Waals surface area (Å²) in [4.78, 5) is 28.0. The zero-order valence-corrected chi connectivity index (χ0v) is 11.7. The molecule has 2 aromatic rings. The molecule has 0 heterocycles. The van der Waals surface area contributed by atoms with Crippen LogP contribution in [0.1, 0.15) is 15.9 Å². The van der Waals surface area contributed by atoms with E-state index in [0.717, 1.165) is 5.56 Å². The summed E-state index contributed by atoms with van der Waals surface area (Å²) >= 11 is 0. The van der Waals surface area contributed by atoms with E-state index in [-0.39, 0.29) is 6.61 Å². The number of benzene rings is 2. The van der Waals surface area contributed by atoms with Crippen molar-refractivity contribution in [1.82, 2.24) is 10.9 Å². The van der Waals surface area contributed by atoms with Gasteiger partial charge >= 0.3 is 0 Å². The molecule has 0 aliphatic carbocycles. The Balaban J connectivity index is 1.68. The van der Waals surface area contributed by atoms with Gasteiger partial charge in [-0.1, -0.05) is 53.7 Å². The number of nitrogens with one attached hydrogen (secondary N) is 2. The topological polar surface area (TPSA) is 79.8 Å². The third-order valence-corrected chi connectivity index (χ3v) is 2.62. The lowest BCUT2D eigenvalue weighted by Crippen LogP contribution is -2.43. The van der Waals surface area contributed by atoms with Gasteiger partial charge in [0.25, 0.3) is 11.8 Å². The first-order valence-electron chi connectivity index (χ1n) is 6.60. The predicted octanol–water partition coefficient (Wildman–Crippen LogP) is 1.50. The molecule has 2 N–H and O–H groups in total. The van der Waals surface area contributed by atoms with Gasteiger partial charge < -0.3 is 4.84 Å². The summed E-state index contributed by atoms with van der Waals surface area (Å²) in [5.41, 5.74) is 5.84. The smallest absolute Gasteiger partial charge is 0.279 e. The Labute approximate surface area is 127 Å². The third-order valence-electron chi connectivity index (χ3n) is 2.62. The van der Waals surface area contributed by atoms with Crippen LogP contribution >= 0.6 is 0 Å². The molecule has 0 bridgehead atoms. The Morgan fingerprint density at radius 1 is 0.955 bits per heavy atom. The van der Waals surface area contributed by atoms with E-state index in [1.165, 1.54) is 6.21 Å². The molecule has 0 atom stereocenters. The van der Waals surface area contributed by atoms with E-state index in [0.29, 0.717) is 5.56 Å². The van der Waals surface area contributed by atoms with Crippen LogP contribution in [0.2, 0.25) is 0 Å². The molecule has 0 spiro atoms. The SMILES string of the molecule is O=C(CON=Cc1ccccc1)NNC(=O)c1ccccc1. The number of carbonyl (C=O) groups is 2. The van der Waals surface area contributed by atoms with Crippen LogP contribution in [0.15, 0.2) is 65.8 Å². The molecule has 0 aromatic heterocycles. The molecule has 0 fully saturated rings. The average molecular weight is 297 g/mol. The Kier molecular flexibility index (Phi) is 5.69. The molecule has 0 saturated carbocycles. The van der Waals surface area contributed by atoms with E-state index >= 15 is 0 Å². The standard InChI is InChI=1S/C16H15N3O3/c20-15(12-22-17-11-13-7-3-1-4-8-13)18-19-16(21)14-9-5-2-6-10-14/h1-11H,12H2,(H,18,20)(H,19,21). The molecule has 2 aromatic carbocycles. The second kappa shape index (κ2) is 8.21. The van der Waals surface area contributed by atoms with Crippen LogP contribution in [0.3, 0.4) is 0 Å². The van der Waals surface area contributed by atoms with E-state index < -0.39 is 11.8 Å². The van der Waals surface area contributed by atoms with E-state index in [4.69, 9.17) is 4.84 Å². The van der Waals surface area contributed by atoms with Gasteiger partial charge in [-0.3, -0.25) is 20.4 Å². The lowest BCUT2D eigenvalue weighted by Gasteiger charge is -2.06. The van der Waals surface area contributed by atoms with Gasteiger partial charge in [0.05, 0.1) is 6.21 Å². The van der Waals surface area contributed by atoms with E-state index in [9.17, 15) is 9.59 Å². The molecule has 6 heteroatoms. The zero-order valence-electron chi connectivity index (χ0n) is 11.7. The highest BCUT2D eigenvalue weighted by Gasteiger charge is 2.06. The fourth-order valence-corrected chi connectivity index (χ4v) is 1.56. The largest absolute Gasteiger partial charge is 0.386 e. The van der Waals surface area contributed by atoms with Gasteiger partial charge in [-0.05, 0) is 17.7 Å². The summed E-state index contributed by atoms with van der Waals surface area (Å²) in [6.07, 6.45) is 1.50. The van der Waals surface area contributed by atoms with Crippen molar-refractivity contribution in [2.75, 3.05) is 6.61 Å². The maximum absolute atomic E-state index is 11.7. The number of hydrogen-bond donors (Lipinski definition) is 2. The van der Waals surface area contributed by atoms with Gasteiger partial charge in [-0.2, -0.15) is 0 Å². The Morgan fingerprint density at radius 2 is 1.59 bits per heavy atom. The van der Waals surface area contributed by atoms with Gasteiger partial charge in [-0.15, -0.1) is 0 Å². The Hall–Kier alpha value is -3.15. The number of rotatable bonds is 5. The molecule has 0 aliphatic heterocycles. The first-order chi connectivity index (χ1) is 10.8. The summed E-state index contributed by atoms with van der Waals surface area (Å²) in [6.45, 7) is -0.293. The molecule has 0 saturated heterocycles. The molecule has 2 amide bonds. The lowest BCUT2D eigenvalue weighted by molar-refractivity contribution is -0.126. The molecule has 0 unspecified atom stereocenters. The van der Waals surface area contributed by atoms with Gasteiger partial charge in [0, 0.05) is 5.56 Å². The Morgan fingerprint density at radius 3 is 2.27 bits per heavy atom. The average Bonchev–Trinajstić information content (AvgIpc) is 2.58. The first kappa shape index (κ1) is 15.2. The minimum Gasteiger partial charge on any atom is -0.386 e. The van der Waals surface area contributed by atoms with Crippen molar-refractivity contribution in [2.45, 2.75) is 0 Å². The van der Waals surface area contributed by atoms with E-state index in [2.05, 4.69) is 16.0 Å². The normalized spacial score (nSPS) is 10.2. The monoisotopic (exact) mass is 297 g/mol. The molecule has 22 heavy (non-hydrogen) atoms. The van der Waals surface area contributed by atoms with Crippen molar-refractivity contribution < 1.29 is 14.4 Å². The predicted molar refractivity (Wildman–Crippen MR) is 82.0 cm³/mol. The fourth-order valence-electron chi connectivity index (χ4n) is 1.56. The number of carbonyl (C=O) groups excluding carboxylic acids is 2. The van der Waals surface area contributed by atoms with Crippen molar-refractivity contribution in [1.29, 1.82) is 0 Å². The zero-order chi connectivity index (χ0) is 15.6. The summed E-state index contributed by atoms with van der Waals surface area (Å²) in [5, 5.41) is 3.67. The van der Waals surface area contributed by atoms with E-state index in [1.807, 2.05) is 30.3 Å². The van der Waals surface area contributed by atoms with Crippen LogP contribution in [0.5, 0.6) is 0 Å². The quantitative estimate of drug-likeness (QED) is 0.648. The Bertz CT molecular complexity index is 642. The minimum absolute atomic E-state index is 0.293. The van der Waals surface area contributed by atoms with Crippen molar-refractivity contribution in [2.24, 2.45) is 5.16 Å². The fraction of sp³-hybridized carbons (Fsp3) is 0.0625. The third kappa shape index (κ3) is 5.09. The number of amides is 2. The number of nitrogens with zero attached hydrogens (tertiary/aromatic N) is 1. The van der Waals surface area contributed by atoms with Crippen LogP contribution in [0.4, 0.5) is 0 Å². The van der Waals surface area contributed by atoms with E-state index in [1.54, 1.807) is 30.3 Å². The highest BCUT2D eigenvalue weighted by atomic mass is 16.6. The highest BCUT2D eigenvalue weighted by molar-refractivity contribution is 5.95. The maximum atomic E-state index is 11.7. The number of hydrogen-bond acceptors (Lipinski definition) is 4. The molecule has 0 radical (unpaired) electrons. The highest BCUT2D eigenvalue weighted by Crippen LogP contribution is 1.97. The summed E-state index contributed by atoms with van der Waals surface area (Å²) in [6, 6.07) is 17.9. The first-order valence-corrected chi connectivity index (χ1v) is 6.60. The van der Waals surface area contributed by atoms with Crippen molar-refractivity contribution in [3.8, 4) is 0 Å². The number of hydrazine groups is 1. The summed E-state index contributed by atoms with van der Waals surface area (Å²) < 4.78 is 0. The molecule has 0 aliphatic rings. The minimum atomic E-state index is -0.505. The summed E-state index contributed by atoms with van der Waals surface area (Å²) in [7, 11) is 0. The molecule has 112 valence electrons. The second-order valence-electron chi connectivity index (χ2n) is 4.29. The molecule has 2 rings (SSSR count). The van der Waals surface area contributed by atoms with Crippen LogP contribution in [-0.2, 0) is 9.63 Å². The van der Waals surface area contributed by atoms with Crippen molar-refractivity contribution >= 4 is 18.0 Å². The maximum Gasteiger partial charge on any atom is 0.279 e. The molecular formula is C16H15N3O3. The molecular weight excluding hydrogens is 282 g/mol. The van der Waals surface area contributed by atoms with Crippen molar-refractivity contribution in [3.05, 3.63) is 71.8 Å². The van der Waals surface area contributed by atoms with Gasteiger partial charge in [0.15, 0.2) is 6.61 Å². The summed E-state index contributed by atoms with van der Waals surface area (Å²) in [5.74, 6) is -0.906.